The molecule has 1 heterocycles. The highest BCUT2D eigenvalue weighted by molar-refractivity contribution is 7.09. The third kappa shape index (κ3) is 7.96. The van der Waals surface area contributed by atoms with E-state index in [1.807, 2.05) is 20.8 Å². The van der Waals surface area contributed by atoms with Crippen molar-refractivity contribution < 1.29 is 28.3 Å². The predicted molar refractivity (Wildman–Crippen MR) is 151 cm³/mol. The number of fused-ring (bicyclic) bond motifs is 1. The van der Waals surface area contributed by atoms with E-state index in [2.05, 4.69) is 17.2 Å². The number of aldehydes is 1. The molecule has 2 amide bonds. The molecule has 1 aromatic heterocycles. The Morgan fingerprint density at radius 2 is 2.00 bits per heavy atom. The van der Waals surface area contributed by atoms with Crippen LogP contribution in [-0.2, 0) is 25.5 Å². The summed E-state index contributed by atoms with van der Waals surface area (Å²) >= 11 is 1.22. The zero-order valence-corrected chi connectivity index (χ0v) is 24.9. The van der Waals surface area contributed by atoms with Gasteiger partial charge in [0.1, 0.15) is 22.8 Å². The standard InChI is InChI=1S/C30H40FN3O5S/c1-7-18(4)10-28(37)34(6)26(17(2)3)14-27(39-19(5)36)30-33-25(16-40-30)29(38)32-23-11-20-8-9-22(31)13-24(20)21(12-23)15-35/h8-9,13,15-18,21,23,26-27H,7,10-12,14H2,1-6H3,(H,32,38)/t18-,21-,23?,26?,27?/m0/s1. The van der Waals surface area contributed by atoms with Crippen molar-refractivity contribution in [2.75, 3.05) is 7.05 Å². The second kappa shape index (κ2) is 14.0. The Balaban J connectivity index is 1.74. The number of rotatable bonds is 12. The van der Waals surface area contributed by atoms with Crippen molar-refractivity contribution in [1.29, 1.82) is 0 Å². The van der Waals surface area contributed by atoms with Gasteiger partial charge < -0.3 is 19.7 Å². The minimum Gasteiger partial charge on any atom is -0.455 e. The number of benzene rings is 1. The maximum absolute atomic E-state index is 13.7. The Bertz CT molecular complexity index is 1220. The Kier molecular flexibility index (Phi) is 11.0. The zero-order valence-electron chi connectivity index (χ0n) is 24.1. The Morgan fingerprint density at radius 3 is 2.62 bits per heavy atom. The van der Waals surface area contributed by atoms with E-state index in [1.54, 1.807) is 23.4 Å². The molecule has 0 spiro atoms. The lowest BCUT2D eigenvalue weighted by Crippen LogP contribution is -2.42. The lowest BCUT2D eigenvalue weighted by Gasteiger charge is -2.34. The van der Waals surface area contributed by atoms with Gasteiger partial charge in [0.2, 0.25) is 5.91 Å². The van der Waals surface area contributed by atoms with Crippen LogP contribution in [0.5, 0.6) is 0 Å². The molecule has 218 valence electrons. The van der Waals surface area contributed by atoms with Gasteiger partial charge in [-0.2, -0.15) is 0 Å². The average Bonchev–Trinajstić information content (AvgIpc) is 3.40. The van der Waals surface area contributed by atoms with E-state index in [0.29, 0.717) is 36.3 Å². The maximum atomic E-state index is 13.7. The summed E-state index contributed by atoms with van der Waals surface area (Å²) in [6, 6.07) is 3.88. The summed E-state index contributed by atoms with van der Waals surface area (Å²) in [5, 5.41) is 5.05. The molecule has 0 saturated heterocycles. The van der Waals surface area contributed by atoms with Crippen LogP contribution >= 0.6 is 11.3 Å². The van der Waals surface area contributed by atoms with E-state index in [0.717, 1.165) is 18.3 Å². The van der Waals surface area contributed by atoms with E-state index in [1.165, 1.54) is 30.4 Å². The molecule has 1 aliphatic rings. The van der Waals surface area contributed by atoms with Crippen LogP contribution in [0.1, 0.15) is 98.9 Å². The van der Waals surface area contributed by atoms with Crippen molar-refractivity contribution >= 4 is 35.4 Å². The molecule has 2 aromatic rings. The van der Waals surface area contributed by atoms with Crippen LogP contribution in [-0.4, -0.2) is 53.1 Å². The van der Waals surface area contributed by atoms with Crippen molar-refractivity contribution in [1.82, 2.24) is 15.2 Å². The highest BCUT2D eigenvalue weighted by Gasteiger charge is 2.32. The molecule has 40 heavy (non-hydrogen) atoms. The lowest BCUT2D eigenvalue weighted by atomic mass is 9.81. The van der Waals surface area contributed by atoms with Crippen LogP contribution in [0.3, 0.4) is 0 Å². The number of halogens is 1. The number of esters is 1. The van der Waals surface area contributed by atoms with Crippen molar-refractivity contribution in [3.05, 3.63) is 51.2 Å². The Hall–Kier alpha value is -3.14. The summed E-state index contributed by atoms with van der Waals surface area (Å²) in [5.41, 5.74) is 1.68. The third-order valence-corrected chi connectivity index (χ3v) is 8.62. The molecule has 8 nitrogen and oxygen atoms in total. The monoisotopic (exact) mass is 573 g/mol. The van der Waals surface area contributed by atoms with E-state index in [9.17, 15) is 23.6 Å². The van der Waals surface area contributed by atoms with Crippen LogP contribution in [0.25, 0.3) is 0 Å². The molecule has 10 heteroatoms. The van der Waals surface area contributed by atoms with Gasteiger partial charge in [0, 0.05) is 50.2 Å². The summed E-state index contributed by atoms with van der Waals surface area (Å²) < 4.78 is 19.3. The fourth-order valence-corrected chi connectivity index (χ4v) is 6.02. The third-order valence-electron chi connectivity index (χ3n) is 7.69. The number of carbonyl (C=O) groups is 4. The minimum absolute atomic E-state index is 0.0410. The largest absolute Gasteiger partial charge is 0.455 e. The first kappa shape index (κ1) is 31.4. The topological polar surface area (TPSA) is 106 Å². The first-order valence-electron chi connectivity index (χ1n) is 13.9. The van der Waals surface area contributed by atoms with Gasteiger partial charge in [-0.25, -0.2) is 9.37 Å². The zero-order chi connectivity index (χ0) is 29.6. The van der Waals surface area contributed by atoms with Crippen LogP contribution < -0.4 is 5.32 Å². The Labute approximate surface area is 239 Å². The number of nitrogens with zero attached hydrogens (tertiary/aromatic N) is 2. The second-order valence-corrected chi connectivity index (χ2v) is 12.0. The number of nitrogens with one attached hydrogen (secondary N) is 1. The molecule has 0 aliphatic heterocycles. The summed E-state index contributed by atoms with van der Waals surface area (Å²) in [6.07, 6.45) is 2.63. The molecule has 0 fully saturated rings. The van der Waals surface area contributed by atoms with Gasteiger partial charge in [-0.3, -0.25) is 14.4 Å². The molecule has 5 atom stereocenters. The first-order chi connectivity index (χ1) is 18.9. The first-order valence-corrected chi connectivity index (χ1v) is 14.7. The van der Waals surface area contributed by atoms with E-state index < -0.39 is 29.7 Å². The normalized spacial score (nSPS) is 18.8. The summed E-state index contributed by atoms with van der Waals surface area (Å²) in [6.45, 7) is 9.47. The molecular formula is C30H40FN3O5S. The molecule has 0 radical (unpaired) electrons. The lowest BCUT2D eigenvalue weighted by molar-refractivity contribution is -0.148. The SMILES string of the molecule is CC[C@H](C)CC(=O)N(C)C(CC(OC(C)=O)c1nc(C(=O)NC2Cc3ccc(F)cc3[C@H](C=O)C2)cs1)C(C)C. The Morgan fingerprint density at radius 1 is 1.27 bits per heavy atom. The van der Waals surface area contributed by atoms with E-state index in [4.69, 9.17) is 4.74 Å². The van der Waals surface area contributed by atoms with Gasteiger partial charge in [0.25, 0.3) is 5.91 Å². The molecular weight excluding hydrogens is 533 g/mol. The highest BCUT2D eigenvalue weighted by Crippen LogP contribution is 2.33. The van der Waals surface area contributed by atoms with Crippen molar-refractivity contribution in [2.45, 2.75) is 90.8 Å². The average molecular weight is 574 g/mol. The number of carbonyl (C=O) groups excluding carboxylic acids is 4. The number of hydrogen-bond acceptors (Lipinski definition) is 7. The predicted octanol–water partition coefficient (Wildman–Crippen LogP) is 5.22. The van der Waals surface area contributed by atoms with Crippen molar-refractivity contribution in [3.8, 4) is 0 Å². The fourth-order valence-electron chi connectivity index (χ4n) is 5.18. The maximum Gasteiger partial charge on any atom is 0.303 e. The summed E-state index contributed by atoms with van der Waals surface area (Å²) in [7, 11) is 1.78. The molecule has 0 bridgehead atoms. The smallest absolute Gasteiger partial charge is 0.303 e. The van der Waals surface area contributed by atoms with Crippen LogP contribution in [0.4, 0.5) is 4.39 Å². The van der Waals surface area contributed by atoms with Gasteiger partial charge in [-0.05, 0) is 47.9 Å². The number of thiazole rings is 1. The van der Waals surface area contributed by atoms with E-state index in [-0.39, 0.29) is 35.5 Å². The highest BCUT2D eigenvalue weighted by atomic mass is 32.1. The molecule has 3 unspecified atom stereocenters. The van der Waals surface area contributed by atoms with Crippen LogP contribution in [0.15, 0.2) is 23.6 Å². The van der Waals surface area contributed by atoms with Crippen molar-refractivity contribution in [3.63, 3.8) is 0 Å². The fraction of sp³-hybridized carbons (Fsp3) is 0.567. The quantitative estimate of drug-likeness (QED) is 0.276. The molecule has 0 saturated carbocycles. The number of hydrogen-bond donors (Lipinski definition) is 1. The minimum atomic E-state index is -0.716. The number of amides is 2. The second-order valence-electron chi connectivity index (χ2n) is 11.1. The van der Waals surface area contributed by atoms with Gasteiger partial charge in [-0.1, -0.05) is 40.2 Å². The van der Waals surface area contributed by atoms with E-state index >= 15 is 0 Å². The van der Waals surface area contributed by atoms with Gasteiger partial charge in [0.15, 0.2) is 6.10 Å². The van der Waals surface area contributed by atoms with Gasteiger partial charge in [0.05, 0.1) is 0 Å². The molecule has 3 rings (SSSR count). The van der Waals surface area contributed by atoms with Gasteiger partial charge in [-0.15, -0.1) is 11.3 Å². The van der Waals surface area contributed by atoms with Crippen LogP contribution in [0.2, 0.25) is 0 Å². The molecule has 1 N–H and O–H groups in total. The number of ether oxygens (including phenoxy) is 1. The molecule has 1 aromatic carbocycles. The van der Waals surface area contributed by atoms with Crippen LogP contribution in [0, 0.1) is 17.7 Å². The van der Waals surface area contributed by atoms with Crippen molar-refractivity contribution in [2.24, 2.45) is 11.8 Å². The van der Waals surface area contributed by atoms with Gasteiger partial charge >= 0.3 is 5.97 Å². The summed E-state index contributed by atoms with van der Waals surface area (Å²) in [4.78, 5) is 56.0. The number of aromatic nitrogens is 1. The summed E-state index contributed by atoms with van der Waals surface area (Å²) in [5.74, 6) is -1.36. The molecule has 1 aliphatic carbocycles.